The monoisotopic (exact) mass is 370 g/mol. The molecule has 8 heteroatoms. The van der Waals surface area contributed by atoms with Gasteiger partial charge in [0, 0.05) is 19.8 Å². The van der Waals surface area contributed by atoms with Crippen LogP contribution in [0.5, 0.6) is 11.5 Å². The van der Waals surface area contributed by atoms with Gasteiger partial charge in [-0.25, -0.2) is 4.79 Å². The molecular weight excluding hydrogens is 347 g/mol. The van der Waals surface area contributed by atoms with Crippen LogP contribution in [0.15, 0.2) is 6.08 Å². The molecule has 1 atom stereocenters. The van der Waals surface area contributed by atoms with Crippen LogP contribution in [0.25, 0.3) is 6.08 Å². The second kappa shape index (κ2) is 7.60. The summed E-state index contributed by atoms with van der Waals surface area (Å²) in [5.74, 6) is -0.413. The Balaban J connectivity index is 2.40. The van der Waals surface area contributed by atoms with E-state index in [1.54, 1.807) is 12.2 Å². The van der Waals surface area contributed by atoms with E-state index < -0.39 is 13.6 Å². The summed E-state index contributed by atoms with van der Waals surface area (Å²) < 4.78 is 32.5. The number of carbonyl (C=O) groups is 1. The number of phenols is 1. The van der Waals surface area contributed by atoms with E-state index in [-0.39, 0.29) is 30.0 Å². The molecule has 1 aliphatic rings. The predicted octanol–water partition coefficient (Wildman–Crippen LogP) is 3.51. The second-order valence-corrected chi connectivity index (χ2v) is 8.16. The highest BCUT2D eigenvalue weighted by Crippen LogP contribution is 2.48. The highest BCUT2D eigenvalue weighted by molar-refractivity contribution is 7.53. The molecule has 1 aliphatic heterocycles. The maximum atomic E-state index is 12.2. The van der Waals surface area contributed by atoms with Crippen molar-refractivity contribution in [2.45, 2.75) is 20.5 Å². The van der Waals surface area contributed by atoms with Crippen molar-refractivity contribution in [2.75, 3.05) is 27.5 Å². The summed E-state index contributed by atoms with van der Waals surface area (Å²) in [6.45, 7) is 3.78. The SMILES string of the molecule is COc1c(C)c2c(c(O)c1/C=C/C(C)CP(=O)(OC)OC)C(=O)OC2. The van der Waals surface area contributed by atoms with E-state index in [1.165, 1.54) is 21.3 Å². The van der Waals surface area contributed by atoms with Gasteiger partial charge in [-0.1, -0.05) is 19.1 Å². The molecule has 1 aromatic carbocycles. The van der Waals surface area contributed by atoms with Crippen LogP contribution in [-0.4, -0.2) is 38.6 Å². The van der Waals surface area contributed by atoms with E-state index in [2.05, 4.69) is 0 Å². The van der Waals surface area contributed by atoms with Crippen LogP contribution in [0.1, 0.15) is 34.0 Å². The number of methoxy groups -OCH3 is 1. The number of fused-ring (bicyclic) bond motifs is 1. The average molecular weight is 370 g/mol. The third kappa shape index (κ3) is 3.73. The Bertz CT molecular complexity index is 746. The highest BCUT2D eigenvalue weighted by Gasteiger charge is 2.31. The molecule has 25 heavy (non-hydrogen) atoms. The van der Waals surface area contributed by atoms with Gasteiger partial charge in [0.1, 0.15) is 23.7 Å². The van der Waals surface area contributed by atoms with Crippen molar-refractivity contribution < 1.29 is 33.0 Å². The summed E-state index contributed by atoms with van der Waals surface area (Å²) in [7, 11) is 1.03. The van der Waals surface area contributed by atoms with Gasteiger partial charge in [-0.2, -0.15) is 0 Å². The Morgan fingerprint density at radius 2 is 1.96 bits per heavy atom. The summed E-state index contributed by atoms with van der Waals surface area (Å²) in [5.41, 5.74) is 1.93. The van der Waals surface area contributed by atoms with Gasteiger partial charge in [0.2, 0.25) is 0 Å². The summed E-state index contributed by atoms with van der Waals surface area (Å²) >= 11 is 0. The topological polar surface area (TPSA) is 91.3 Å². The summed E-state index contributed by atoms with van der Waals surface area (Å²) in [6.07, 6.45) is 3.59. The van der Waals surface area contributed by atoms with Crippen LogP contribution in [0.3, 0.4) is 0 Å². The molecule has 1 heterocycles. The lowest BCUT2D eigenvalue weighted by Gasteiger charge is -2.17. The van der Waals surface area contributed by atoms with Gasteiger partial charge < -0.3 is 23.6 Å². The Morgan fingerprint density at radius 1 is 1.32 bits per heavy atom. The molecular formula is C17H23O7P. The number of carbonyl (C=O) groups excluding carboxylic acids is 1. The van der Waals surface area contributed by atoms with Crippen LogP contribution in [0.2, 0.25) is 0 Å². The molecule has 0 radical (unpaired) electrons. The number of ether oxygens (including phenoxy) is 2. The van der Waals surface area contributed by atoms with Crippen LogP contribution >= 0.6 is 7.60 Å². The quantitative estimate of drug-likeness (QED) is 0.580. The number of rotatable bonds is 7. The summed E-state index contributed by atoms with van der Waals surface area (Å²) in [6, 6.07) is 0. The summed E-state index contributed by atoms with van der Waals surface area (Å²) in [5, 5.41) is 10.5. The van der Waals surface area contributed by atoms with Gasteiger partial charge in [-0.05, 0) is 18.4 Å². The predicted molar refractivity (Wildman–Crippen MR) is 93.2 cm³/mol. The number of esters is 1. The van der Waals surface area contributed by atoms with Crippen LogP contribution in [0, 0.1) is 12.8 Å². The molecule has 0 fully saturated rings. The molecule has 2 rings (SSSR count). The molecule has 0 spiro atoms. The molecule has 0 bridgehead atoms. The zero-order chi connectivity index (χ0) is 18.8. The molecule has 0 saturated carbocycles. The molecule has 0 aliphatic carbocycles. The maximum absolute atomic E-state index is 12.2. The van der Waals surface area contributed by atoms with Crippen LogP contribution < -0.4 is 4.74 Å². The smallest absolute Gasteiger partial charge is 0.342 e. The fraction of sp³-hybridized carbons (Fsp3) is 0.471. The number of phenolic OH excluding ortho intramolecular Hbond substituents is 1. The third-order valence-corrected chi connectivity index (χ3v) is 6.38. The Hall–Kier alpha value is -1.82. The first-order chi connectivity index (χ1) is 11.8. The van der Waals surface area contributed by atoms with Crippen molar-refractivity contribution >= 4 is 19.6 Å². The first-order valence-electron chi connectivity index (χ1n) is 7.76. The third-order valence-electron chi connectivity index (χ3n) is 4.25. The lowest BCUT2D eigenvalue weighted by Crippen LogP contribution is -2.03. The minimum atomic E-state index is -3.14. The van der Waals surface area contributed by atoms with Crippen molar-refractivity contribution in [1.29, 1.82) is 0 Å². The van der Waals surface area contributed by atoms with Gasteiger partial charge in [0.15, 0.2) is 0 Å². The van der Waals surface area contributed by atoms with E-state index in [0.29, 0.717) is 16.9 Å². The van der Waals surface area contributed by atoms with Gasteiger partial charge in [-0.3, -0.25) is 4.57 Å². The first-order valence-corrected chi connectivity index (χ1v) is 9.49. The average Bonchev–Trinajstić information content (AvgIpc) is 2.98. The number of hydrogen-bond acceptors (Lipinski definition) is 7. The zero-order valence-electron chi connectivity index (χ0n) is 15.0. The largest absolute Gasteiger partial charge is 0.506 e. The van der Waals surface area contributed by atoms with Crippen molar-refractivity contribution in [1.82, 2.24) is 0 Å². The van der Waals surface area contributed by atoms with Crippen molar-refractivity contribution in [3.63, 3.8) is 0 Å². The van der Waals surface area contributed by atoms with E-state index >= 15 is 0 Å². The number of benzene rings is 1. The van der Waals surface area contributed by atoms with Crippen molar-refractivity contribution in [2.24, 2.45) is 5.92 Å². The van der Waals surface area contributed by atoms with Crippen molar-refractivity contribution in [3.8, 4) is 11.5 Å². The minimum absolute atomic E-state index is 0.120. The standard InChI is InChI=1S/C17H23O7P/c1-10(9-25(20,22-4)23-5)6-7-12-15(18)14-13(8-24-17(14)19)11(2)16(12)21-3/h6-7,10,18H,8-9H2,1-5H3/b7-6+. The molecule has 1 N–H and O–H groups in total. The molecule has 0 saturated heterocycles. The molecule has 1 aromatic rings. The van der Waals surface area contributed by atoms with Crippen molar-refractivity contribution in [3.05, 3.63) is 28.3 Å². The fourth-order valence-corrected chi connectivity index (χ4v) is 4.11. The van der Waals surface area contributed by atoms with Crippen LogP contribution in [0.4, 0.5) is 0 Å². The second-order valence-electron chi connectivity index (χ2n) is 5.85. The number of allylic oxidation sites excluding steroid dienone is 1. The Morgan fingerprint density at radius 3 is 2.52 bits per heavy atom. The van der Waals surface area contributed by atoms with Crippen LogP contribution in [-0.2, 0) is 25.0 Å². The van der Waals surface area contributed by atoms with Gasteiger partial charge in [-0.15, -0.1) is 0 Å². The van der Waals surface area contributed by atoms with E-state index in [9.17, 15) is 14.5 Å². The minimum Gasteiger partial charge on any atom is -0.506 e. The molecule has 0 amide bonds. The maximum Gasteiger partial charge on any atom is 0.342 e. The number of aromatic hydroxyl groups is 1. The van der Waals surface area contributed by atoms with E-state index in [1.807, 2.05) is 13.8 Å². The first kappa shape index (κ1) is 19.5. The molecule has 1 unspecified atom stereocenters. The zero-order valence-corrected chi connectivity index (χ0v) is 15.9. The van der Waals surface area contributed by atoms with Gasteiger partial charge >= 0.3 is 13.6 Å². The lowest BCUT2D eigenvalue weighted by atomic mass is 9.96. The Kier molecular flexibility index (Phi) is 5.93. The normalized spacial score (nSPS) is 15.3. The number of cyclic esters (lactones) is 1. The van der Waals surface area contributed by atoms with Gasteiger partial charge in [0.05, 0.1) is 18.8 Å². The summed E-state index contributed by atoms with van der Waals surface area (Å²) in [4.78, 5) is 11.9. The fourth-order valence-electron chi connectivity index (χ4n) is 2.84. The molecule has 138 valence electrons. The Labute approximate surface area is 147 Å². The molecule has 7 nitrogen and oxygen atoms in total. The van der Waals surface area contributed by atoms with Gasteiger partial charge in [0.25, 0.3) is 0 Å². The lowest BCUT2D eigenvalue weighted by molar-refractivity contribution is 0.0533. The van der Waals surface area contributed by atoms with E-state index in [4.69, 9.17) is 18.5 Å². The molecule has 0 aromatic heterocycles. The van der Waals surface area contributed by atoms with E-state index in [0.717, 1.165) is 5.56 Å². The highest BCUT2D eigenvalue weighted by atomic mass is 31.2. The number of hydrogen-bond donors (Lipinski definition) is 1.